The highest BCUT2D eigenvalue weighted by atomic mass is 19.1. The maximum absolute atomic E-state index is 13.0. The molecular weight excluding hydrogens is 317 g/mol. The molecule has 0 bridgehead atoms. The second-order valence-corrected chi connectivity index (χ2v) is 6.70. The van der Waals surface area contributed by atoms with E-state index in [1.807, 2.05) is 18.2 Å². The molecule has 0 saturated heterocycles. The minimum Gasteiger partial charge on any atom is -0.488 e. The quantitative estimate of drug-likeness (QED) is 0.574. The fraction of sp³-hybridized carbons (Fsp3) is 0.238. The Morgan fingerprint density at radius 1 is 1.16 bits per heavy atom. The summed E-state index contributed by atoms with van der Waals surface area (Å²) in [6.07, 6.45) is 1.55. The first-order valence-electron chi connectivity index (χ1n) is 7.94. The Hall–Kier alpha value is -2.93. The summed E-state index contributed by atoms with van der Waals surface area (Å²) in [7, 11) is 0. The van der Waals surface area contributed by atoms with E-state index in [2.05, 4.69) is 0 Å². The number of carbonyl (C=O) groups is 1. The molecule has 0 atom stereocenters. The lowest BCUT2D eigenvalue weighted by Gasteiger charge is -2.16. The fourth-order valence-electron chi connectivity index (χ4n) is 2.18. The Morgan fingerprint density at radius 2 is 1.80 bits per heavy atom. The van der Waals surface area contributed by atoms with Crippen molar-refractivity contribution in [3.05, 3.63) is 71.0 Å². The number of Topliss-reactive ketones (excluding diaryl/α,β-unsaturated/α-hetero) is 1. The average Bonchev–Trinajstić information content (AvgIpc) is 2.58. The normalized spacial score (nSPS) is 11.7. The third-order valence-corrected chi connectivity index (χ3v) is 3.57. The van der Waals surface area contributed by atoms with Crippen molar-refractivity contribution in [1.82, 2.24) is 0 Å². The van der Waals surface area contributed by atoms with Crippen LogP contribution in [0, 0.1) is 22.6 Å². The van der Waals surface area contributed by atoms with Crippen LogP contribution in [0.2, 0.25) is 0 Å². The third-order valence-electron chi connectivity index (χ3n) is 3.57. The summed E-state index contributed by atoms with van der Waals surface area (Å²) in [5, 5.41) is 9.33. The lowest BCUT2D eigenvalue weighted by molar-refractivity contribution is -0.121. The molecule has 3 nitrogen and oxygen atoms in total. The van der Waals surface area contributed by atoms with E-state index < -0.39 is 5.41 Å². The number of ketones is 1. The molecule has 2 rings (SSSR count). The molecule has 4 heteroatoms. The Bertz CT molecular complexity index is 824. The van der Waals surface area contributed by atoms with Crippen LogP contribution in [-0.4, -0.2) is 5.78 Å². The first kappa shape index (κ1) is 18.4. The summed E-state index contributed by atoms with van der Waals surface area (Å²) in [5.74, 6) is 0.0380. The number of allylic oxidation sites excluding steroid dienone is 1. The second kappa shape index (κ2) is 7.76. The SMILES string of the molecule is CC(C)(C)C(=O)/C(C#N)=C/c1ccccc1OCc1ccc(F)cc1. The van der Waals surface area contributed by atoms with Crippen LogP contribution in [0.4, 0.5) is 4.39 Å². The monoisotopic (exact) mass is 337 g/mol. The maximum Gasteiger partial charge on any atom is 0.178 e. The zero-order valence-corrected chi connectivity index (χ0v) is 14.5. The predicted octanol–water partition coefficient (Wildman–Crippen LogP) is 4.93. The molecule has 0 spiro atoms. The van der Waals surface area contributed by atoms with Crippen molar-refractivity contribution in [3.63, 3.8) is 0 Å². The number of hydrogen-bond acceptors (Lipinski definition) is 3. The zero-order chi connectivity index (χ0) is 18.4. The molecule has 25 heavy (non-hydrogen) atoms. The molecule has 128 valence electrons. The van der Waals surface area contributed by atoms with Gasteiger partial charge in [0.25, 0.3) is 0 Å². The van der Waals surface area contributed by atoms with Gasteiger partial charge in [-0.2, -0.15) is 5.26 Å². The van der Waals surface area contributed by atoms with Gasteiger partial charge in [0.05, 0.1) is 5.57 Å². The van der Waals surface area contributed by atoms with Crippen molar-refractivity contribution < 1.29 is 13.9 Å². The van der Waals surface area contributed by atoms with Gasteiger partial charge in [-0.1, -0.05) is 51.1 Å². The molecule has 0 aliphatic heterocycles. The Labute approximate surface area is 147 Å². The van der Waals surface area contributed by atoms with Crippen molar-refractivity contribution in [3.8, 4) is 11.8 Å². The number of nitriles is 1. The number of ether oxygens (including phenoxy) is 1. The molecule has 0 radical (unpaired) electrons. The summed E-state index contributed by atoms with van der Waals surface area (Å²) < 4.78 is 18.7. The number of halogens is 1. The Morgan fingerprint density at radius 3 is 2.40 bits per heavy atom. The van der Waals surface area contributed by atoms with Crippen LogP contribution in [0.25, 0.3) is 6.08 Å². The molecule has 0 unspecified atom stereocenters. The van der Waals surface area contributed by atoms with Crippen LogP contribution in [0.5, 0.6) is 5.75 Å². The van der Waals surface area contributed by atoms with E-state index in [-0.39, 0.29) is 23.8 Å². The highest BCUT2D eigenvalue weighted by molar-refractivity contribution is 6.06. The van der Waals surface area contributed by atoms with E-state index in [4.69, 9.17) is 4.74 Å². The summed E-state index contributed by atoms with van der Waals surface area (Å²) >= 11 is 0. The van der Waals surface area contributed by atoms with Crippen molar-refractivity contribution in [2.24, 2.45) is 5.41 Å². The lowest BCUT2D eigenvalue weighted by atomic mass is 9.86. The van der Waals surface area contributed by atoms with E-state index in [1.165, 1.54) is 12.1 Å². The molecule has 0 N–H and O–H groups in total. The van der Waals surface area contributed by atoms with E-state index in [9.17, 15) is 14.4 Å². The van der Waals surface area contributed by atoms with E-state index in [1.54, 1.807) is 51.1 Å². The molecule has 2 aromatic rings. The van der Waals surface area contributed by atoms with Gasteiger partial charge in [-0.3, -0.25) is 4.79 Å². The van der Waals surface area contributed by atoms with Crippen molar-refractivity contribution >= 4 is 11.9 Å². The van der Waals surface area contributed by atoms with Crippen LogP contribution < -0.4 is 4.74 Å². The van der Waals surface area contributed by atoms with Crippen LogP contribution in [0.3, 0.4) is 0 Å². The number of nitrogens with zero attached hydrogens (tertiary/aromatic N) is 1. The highest BCUT2D eigenvalue weighted by Gasteiger charge is 2.25. The summed E-state index contributed by atoms with van der Waals surface area (Å²) in [4.78, 5) is 12.4. The van der Waals surface area contributed by atoms with Crippen LogP contribution in [0.15, 0.2) is 54.1 Å². The fourth-order valence-corrected chi connectivity index (χ4v) is 2.18. The van der Waals surface area contributed by atoms with Gasteiger partial charge in [0.15, 0.2) is 5.78 Å². The molecule has 0 heterocycles. The average molecular weight is 337 g/mol. The third kappa shape index (κ3) is 5.02. The smallest absolute Gasteiger partial charge is 0.178 e. The summed E-state index contributed by atoms with van der Waals surface area (Å²) in [5.41, 5.74) is 0.932. The first-order valence-corrected chi connectivity index (χ1v) is 7.94. The van der Waals surface area contributed by atoms with Gasteiger partial charge in [0.1, 0.15) is 24.2 Å². The Balaban J connectivity index is 2.25. The van der Waals surface area contributed by atoms with Gasteiger partial charge in [0, 0.05) is 11.0 Å². The lowest BCUT2D eigenvalue weighted by Crippen LogP contribution is -2.21. The number of hydrogen-bond donors (Lipinski definition) is 0. The number of para-hydroxylation sites is 1. The second-order valence-electron chi connectivity index (χ2n) is 6.70. The molecule has 0 aromatic heterocycles. The zero-order valence-electron chi connectivity index (χ0n) is 14.5. The van der Waals surface area contributed by atoms with Gasteiger partial charge in [-0.15, -0.1) is 0 Å². The maximum atomic E-state index is 13.0. The van der Waals surface area contributed by atoms with Crippen molar-refractivity contribution in [2.45, 2.75) is 27.4 Å². The number of carbonyl (C=O) groups excluding carboxylic acids is 1. The molecular formula is C21H20FNO2. The predicted molar refractivity (Wildman–Crippen MR) is 95.2 cm³/mol. The largest absolute Gasteiger partial charge is 0.488 e. The first-order chi connectivity index (χ1) is 11.8. The van der Waals surface area contributed by atoms with Crippen LogP contribution in [-0.2, 0) is 11.4 Å². The molecule has 0 aliphatic carbocycles. The molecule has 0 saturated carbocycles. The molecule has 0 fully saturated rings. The Kier molecular flexibility index (Phi) is 5.71. The van der Waals surface area contributed by atoms with Gasteiger partial charge in [-0.25, -0.2) is 4.39 Å². The van der Waals surface area contributed by atoms with Gasteiger partial charge in [-0.05, 0) is 29.8 Å². The standard InChI is InChI=1S/C21H20FNO2/c1-21(2,3)20(24)17(13-23)12-16-6-4-5-7-19(16)25-14-15-8-10-18(22)11-9-15/h4-12H,14H2,1-3H3/b17-12+. The van der Waals surface area contributed by atoms with E-state index in [0.717, 1.165) is 5.56 Å². The van der Waals surface area contributed by atoms with Gasteiger partial charge < -0.3 is 4.74 Å². The van der Waals surface area contributed by atoms with Crippen LogP contribution in [0.1, 0.15) is 31.9 Å². The van der Waals surface area contributed by atoms with E-state index >= 15 is 0 Å². The molecule has 0 aliphatic rings. The topological polar surface area (TPSA) is 50.1 Å². The summed E-state index contributed by atoms with van der Waals surface area (Å²) in [6, 6.07) is 15.2. The van der Waals surface area contributed by atoms with Gasteiger partial charge in [0.2, 0.25) is 0 Å². The number of benzene rings is 2. The van der Waals surface area contributed by atoms with Crippen molar-refractivity contribution in [1.29, 1.82) is 5.26 Å². The van der Waals surface area contributed by atoms with Crippen LogP contribution >= 0.6 is 0 Å². The molecule has 0 amide bonds. The van der Waals surface area contributed by atoms with E-state index in [0.29, 0.717) is 11.3 Å². The number of rotatable bonds is 5. The minimum atomic E-state index is -0.633. The summed E-state index contributed by atoms with van der Waals surface area (Å²) in [6.45, 7) is 5.59. The highest BCUT2D eigenvalue weighted by Crippen LogP contribution is 2.25. The molecule has 2 aromatic carbocycles. The van der Waals surface area contributed by atoms with Gasteiger partial charge >= 0.3 is 0 Å². The van der Waals surface area contributed by atoms with Crippen molar-refractivity contribution in [2.75, 3.05) is 0 Å². The minimum absolute atomic E-state index is 0.0883.